The van der Waals surface area contributed by atoms with E-state index in [2.05, 4.69) is 12.2 Å². The molecule has 0 spiro atoms. The molecule has 0 saturated carbocycles. The van der Waals surface area contributed by atoms with Gasteiger partial charge in [0.05, 0.1) is 0 Å². The maximum atomic E-state index is 2.45. The highest BCUT2D eigenvalue weighted by Gasteiger charge is 2.07. The topological polar surface area (TPSA) is 0 Å². The van der Waals surface area contributed by atoms with Crippen LogP contribution in [0.5, 0.6) is 0 Å². The minimum absolute atomic E-state index is 1.34. The molecule has 0 unspecified atom stereocenters. The lowest BCUT2D eigenvalue weighted by Gasteiger charge is -2.02. The van der Waals surface area contributed by atoms with Crippen LogP contribution in [0, 0.1) is 0 Å². The molecule has 12 heavy (non-hydrogen) atoms. The molecule has 0 aliphatic heterocycles. The van der Waals surface area contributed by atoms with E-state index < -0.39 is 0 Å². The van der Waals surface area contributed by atoms with Gasteiger partial charge in [-0.05, 0) is 51.4 Å². The van der Waals surface area contributed by atoms with E-state index in [0.29, 0.717) is 0 Å². The molecule has 0 nitrogen and oxygen atoms in total. The molecular weight excluding hydrogens is 144 g/mol. The number of allylic oxidation sites excluding steroid dienone is 4. The molecule has 0 fully saturated rings. The molecule has 0 atom stereocenters. The molecule has 0 aromatic rings. The minimum atomic E-state index is 1.34. The maximum Gasteiger partial charge on any atom is -0.0283 e. The molecule has 2 rings (SSSR count). The Hall–Kier alpha value is -0.520. The van der Waals surface area contributed by atoms with Gasteiger partial charge in [-0.3, -0.25) is 0 Å². The second-order valence-corrected chi connectivity index (χ2v) is 4.01. The molecule has 0 bridgehead atoms. The molecule has 2 aliphatic rings. The van der Waals surface area contributed by atoms with Crippen LogP contribution in [0.2, 0.25) is 0 Å². The van der Waals surface area contributed by atoms with Crippen molar-refractivity contribution in [3.63, 3.8) is 0 Å². The van der Waals surface area contributed by atoms with Gasteiger partial charge >= 0.3 is 0 Å². The van der Waals surface area contributed by atoms with Crippen molar-refractivity contribution in [3.05, 3.63) is 23.3 Å². The van der Waals surface area contributed by atoms with Gasteiger partial charge in [0.1, 0.15) is 0 Å². The Balaban J connectivity index is 1.74. The highest BCUT2D eigenvalue weighted by Crippen LogP contribution is 2.27. The average molecular weight is 162 g/mol. The predicted octanol–water partition coefficient (Wildman–Crippen LogP) is 3.99. The quantitative estimate of drug-likeness (QED) is 0.550. The van der Waals surface area contributed by atoms with Gasteiger partial charge in [-0.15, -0.1) is 0 Å². The monoisotopic (exact) mass is 162 g/mol. The first-order chi connectivity index (χ1) is 5.95. The summed E-state index contributed by atoms with van der Waals surface area (Å²) in [7, 11) is 0. The van der Waals surface area contributed by atoms with E-state index >= 15 is 0 Å². The highest BCUT2D eigenvalue weighted by atomic mass is 14.1. The summed E-state index contributed by atoms with van der Waals surface area (Å²) in [5.74, 6) is 0. The molecule has 2 aliphatic carbocycles. The Kier molecular flexibility index (Phi) is 2.65. The van der Waals surface area contributed by atoms with E-state index in [-0.39, 0.29) is 0 Å². The van der Waals surface area contributed by atoms with Gasteiger partial charge in [-0.25, -0.2) is 0 Å². The van der Waals surface area contributed by atoms with Crippen LogP contribution in [0.4, 0.5) is 0 Å². The smallest absolute Gasteiger partial charge is 0.0283 e. The van der Waals surface area contributed by atoms with Crippen molar-refractivity contribution in [1.82, 2.24) is 0 Å². The third-order valence-corrected chi connectivity index (χ3v) is 3.04. The summed E-state index contributed by atoms with van der Waals surface area (Å²) in [5.41, 5.74) is 3.45. The Bertz CT molecular complexity index is 184. The second kappa shape index (κ2) is 3.93. The Morgan fingerprint density at radius 1 is 0.833 bits per heavy atom. The normalized spacial score (nSPS) is 22.7. The number of hydrogen-bond donors (Lipinski definition) is 0. The van der Waals surface area contributed by atoms with E-state index in [0.717, 1.165) is 0 Å². The van der Waals surface area contributed by atoms with Crippen LogP contribution in [0.15, 0.2) is 23.3 Å². The molecule has 0 aromatic heterocycles. The third kappa shape index (κ3) is 2.00. The van der Waals surface area contributed by atoms with Gasteiger partial charge in [0.2, 0.25) is 0 Å². The molecule has 0 amide bonds. The summed E-state index contributed by atoms with van der Waals surface area (Å²) in [6.07, 6.45) is 15.9. The van der Waals surface area contributed by atoms with Crippen LogP contribution in [-0.2, 0) is 0 Å². The van der Waals surface area contributed by atoms with Crippen molar-refractivity contribution >= 4 is 0 Å². The Labute approximate surface area is 75.4 Å². The SMILES string of the molecule is C1=C(CCC2=CCCC2)CCC1. The highest BCUT2D eigenvalue weighted by molar-refractivity contribution is 5.13. The molecule has 66 valence electrons. The van der Waals surface area contributed by atoms with Crippen LogP contribution in [0.25, 0.3) is 0 Å². The van der Waals surface area contributed by atoms with Crippen LogP contribution in [-0.4, -0.2) is 0 Å². The van der Waals surface area contributed by atoms with Crippen molar-refractivity contribution in [2.45, 2.75) is 51.4 Å². The van der Waals surface area contributed by atoms with Crippen molar-refractivity contribution in [3.8, 4) is 0 Å². The summed E-state index contributed by atoms with van der Waals surface area (Å²) in [6, 6.07) is 0. The molecule has 0 heterocycles. The zero-order valence-corrected chi connectivity index (χ0v) is 7.81. The van der Waals surface area contributed by atoms with Gasteiger partial charge in [0, 0.05) is 0 Å². The first-order valence-corrected chi connectivity index (χ1v) is 5.31. The lowest BCUT2D eigenvalue weighted by atomic mass is 10.0. The van der Waals surface area contributed by atoms with Crippen molar-refractivity contribution in [2.75, 3.05) is 0 Å². The summed E-state index contributed by atoms with van der Waals surface area (Å²) in [5, 5.41) is 0. The van der Waals surface area contributed by atoms with Gasteiger partial charge in [-0.1, -0.05) is 23.3 Å². The standard InChI is InChI=1S/C12H18/c1-2-6-11(5-1)9-10-12-7-3-4-8-12/h5,7H,1-4,6,8-10H2. The van der Waals surface area contributed by atoms with Crippen molar-refractivity contribution in [2.24, 2.45) is 0 Å². The van der Waals surface area contributed by atoms with E-state index in [1.54, 1.807) is 11.1 Å². The van der Waals surface area contributed by atoms with Gasteiger partial charge in [-0.2, -0.15) is 0 Å². The van der Waals surface area contributed by atoms with Crippen LogP contribution in [0.3, 0.4) is 0 Å². The minimum Gasteiger partial charge on any atom is -0.0853 e. The lowest BCUT2D eigenvalue weighted by molar-refractivity contribution is 0.809. The lowest BCUT2D eigenvalue weighted by Crippen LogP contribution is -1.82. The van der Waals surface area contributed by atoms with E-state index in [1.165, 1.54) is 51.4 Å². The van der Waals surface area contributed by atoms with Crippen molar-refractivity contribution in [1.29, 1.82) is 0 Å². The molecular formula is C12H18. The molecule has 0 saturated heterocycles. The summed E-state index contributed by atoms with van der Waals surface area (Å²) in [4.78, 5) is 0. The van der Waals surface area contributed by atoms with Gasteiger partial charge in [0.15, 0.2) is 0 Å². The van der Waals surface area contributed by atoms with Gasteiger partial charge < -0.3 is 0 Å². The van der Waals surface area contributed by atoms with E-state index in [4.69, 9.17) is 0 Å². The number of rotatable bonds is 3. The predicted molar refractivity (Wildman–Crippen MR) is 53.1 cm³/mol. The third-order valence-electron chi connectivity index (χ3n) is 3.04. The van der Waals surface area contributed by atoms with Crippen LogP contribution in [0.1, 0.15) is 51.4 Å². The summed E-state index contributed by atoms with van der Waals surface area (Å²) < 4.78 is 0. The fraction of sp³-hybridized carbons (Fsp3) is 0.667. The summed E-state index contributed by atoms with van der Waals surface area (Å²) >= 11 is 0. The first kappa shape index (κ1) is 8.10. The fourth-order valence-electron chi connectivity index (χ4n) is 2.25. The Morgan fingerprint density at radius 2 is 1.33 bits per heavy atom. The molecule has 0 radical (unpaired) electrons. The first-order valence-electron chi connectivity index (χ1n) is 5.31. The van der Waals surface area contributed by atoms with E-state index in [9.17, 15) is 0 Å². The Morgan fingerprint density at radius 3 is 1.67 bits per heavy atom. The average Bonchev–Trinajstić information content (AvgIpc) is 2.74. The van der Waals surface area contributed by atoms with Crippen molar-refractivity contribution < 1.29 is 0 Å². The largest absolute Gasteiger partial charge is 0.0853 e. The molecule has 0 heteroatoms. The zero-order chi connectivity index (χ0) is 8.23. The number of hydrogen-bond acceptors (Lipinski definition) is 0. The zero-order valence-electron chi connectivity index (χ0n) is 7.81. The van der Waals surface area contributed by atoms with Crippen LogP contribution < -0.4 is 0 Å². The second-order valence-electron chi connectivity index (χ2n) is 4.01. The molecule has 0 aromatic carbocycles. The maximum absolute atomic E-state index is 2.45. The summed E-state index contributed by atoms with van der Waals surface area (Å²) in [6.45, 7) is 0. The van der Waals surface area contributed by atoms with Crippen LogP contribution >= 0.6 is 0 Å². The fourth-order valence-corrected chi connectivity index (χ4v) is 2.25. The molecule has 0 N–H and O–H groups in total. The van der Waals surface area contributed by atoms with Gasteiger partial charge in [0.25, 0.3) is 0 Å². The van der Waals surface area contributed by atoms with E-state index in [1.807, 2.05) is 0 Å².